The first-order valence-corrected chi connectivity index (χ1v) is 7.42. The van der Waals surface area contributed by atoms with Gasteiger partial charge in [-0.25, -0.2) is 4.79 Å². The van der Waals surface area contributed by atoms with Gasteiger partial charge in [0.2, 0.25) is 5.95 Å². The number of aryl methyl sites for hydroxylation is 2. The summed E-state index contributed by atoms with van der Waals surface area (Å²) in [5.74, 6) is 0.608. The molecule has 2 aromatic heterocycles. The van der Waals surface area contributed by atoms with Crippen LogP contribution < -0.4 is 16.1 Å². The van der Waals surface area contributed by atoms with Gasteiger partial charge in [-0.15, -0.1) is 0 Å². The minimum atomic E-state index is -0.416. The Morgan fingerprint density at radius 2 is 1.91 bits per heavy atom. The summed E-state index contributed by atoms with van der Waals surface area (Å²) in [5, 5.41) is 8.91. The molecule has 1 aliphatic rings. The Morgan fingerprint density at radius 3 is 2.57 bits per heavy atom. The van der Waals surface area contributed by atoms with E-state index in [-0.39, 0.29) is 6.42 Å². The van der Waals surface area contributed by atoms with Crippen molar-refractivity contribution in [2.75, 3.05) is 31.2 Å². The van der Waals surface area contributed by atoms with Gasteiger partial charge >= 0.3 is 5.69 Å². The third kappa shape index (κ3) is 2.41. The molecule has 0 saturated carbocycles. The summed E-state index contributed by atoms with van der Waals surface area (Å²) in [5.41, 5.74) is -0.113. The van der Waals surface area contributed by atoms with Crippen molar-refractivity contribution in [3.05, 3.63) is 20.8 Å². The lowest BCUT2D eigenvalue weighted by atomic mass is 10.4. The quantitative estimate of drug-likeness (QED) is 0.733. The van der Waals surface area contributed by atoms with Crippen molar-refractivity contribution in [2.24, 2.45) is 14.1 Å². The number of fused-ring (bicyclic) bond motifs is 1. The van der Waals surface area contributed by atoms with Crippen LogP contribution in [0.25, 0.3) is 11.2 Å². The molecule has 1 aliphatic heterocycles. The first kappa shape index (κ1) is 15.3. The van der Waals surface area contributed by atoms with Crippen molar-refractivity contribution >= 4 is 17.1 Å². The van der Waals surface area contributed by atoms with Gasteiger partial charge in [0.1, 0.15) is 0 Å². The van der Waals surface area contributed by atoms with Gasteiger partial charge < -0.3 is 14.2 Å². The highest BCUT2D eigenvalue weighted by molar-refractivity contribution is 5.74. The second-order valence-corrected chi connectivity index (χ2v) is 5.45. The second-order valence-electron chi connectivity index (χ2n) is 5.45. The number of hydrogen-bond acceptors (Lipinski definition) is 6. The Kier molecular flexibility index (Phi) is 3.92. The maximum Gasteiger partial charge on any atom is 0.332 e. The molecule has 0 aliphatic carbocycles. The zero-order valence-electron chi connectivity index (χ0n) is 13.2. The number of morpholine rings is 1. The highest BCUT2D eigenvalue weighted by Gasteiger charge is 2.23. The SMILES string of the molecule is Cn1c(=O)c2c(nc(N3CCOCC3)n2CCC#N)n(C)c1=O. The number of imidazole rings is 1. The molecule has 3 rings (SSSR count). The van der Waals surface area contributed by atoms with Crippen molar-refractivity contribution in [3.8, 4) is 6.07 Å². The van der Waals surface area contributed by atoms with E-state index in [4.69, 9.17) is 10.00 Å². The smallest absolute Gasteiger partial charge is 0.332 e. The monoisotopic (exact) mass is 318 g/mol. The molecule has 0 atom stereocenters. The maximum absolute atomic E-state index is 12.5. The molecule has 9 heteroatoms. The minimum absolute atomic E-state index is 0.259. The average Bonchev–Trinajstić information content (AvgIpc) is 2.96. The summed E-state index contributed by atoms with van der Waals surface area (Å²) in [6, 6.07) is 2.09. The topological polar surface area (TPSA) is 98.1 Å². The van der Waals surface area contributed by atoms with E-state index in [1.807, 2.05) is 4.90 Å². The van der Waals surface area contributed by atoms with E-state index in [1.54, 1.807) is 11.6 Å². The van der Waals surface area contributed by atoms with Crippen LogP contribution in [0.2, 0.25) is 0 Å². The van der Waals surface area contributed by atoms with Crippen LogP contribution in [-0.4, -0.2) is 45.0 Å². The molecule has 23 heavy (non-hydrogen) atoms. The fourth-order valence-corrected chi connectivity index (χ4v) is 2.81. The van der Waals surface area contributed by atoms with E-state index in [2.05, 4.69) is 11.1 Å². The number of nitriles is 1. The van der Waals surface area contributed by atoms with Gasteiger partial charge in [-0.05, 0) is 0 Å². The number of anilines is 1. The molecule has 1 fully saturated rings. The van der Waals surface area contributed by atoms with E-state index in [0.717, 1.165) is 4.57 Å². The Labute approximate surface area is 131 Å². The molecule has 0 radical (unpaired) electrons. The van der Waals surface area contributed by atoms with Gasteiger partial charge in [-0.2, -0.15) is 10.2 Å². The lowest BCUT2D eigenvalue weighted by Crippen LogP contribution is -2.38. The largest absolute Gasteiger partial charge is 0.378 e. The van der Waals surface area contributed by atoms with Gasteiger partial charge in [0.05, 0.1) is 25.7 Å². The van der Waals surface area contributed by atoms with Gasteiger partial charge in [0.25, 0.3) is 5.56 Å². The lowest BCUT2D eigenvalue weighted by molar-refractivity contribution is 0.121. The van der Waals surface area contributed by atoms with Crippen molar-refractivity contribution in [3.63, 3.8) is 0 Å². The van der Waals surface area contributed by atoms with Gasteiger partial charge in [0.15, 0.2) is 11.2 Å². The first-order valence-electron chi connectivity index (χ1n) is 7.42. The normalized spacial score (nSPS) is 15.1. The van der Waals surface area contributed by atoms with E-state index in [0.29, 0.717) is 50.0 Å². The molecule has 9 nitrogen and oxygen atoms in total. The Balaban J connectivity index is 2.29. The van der Waals surface area contributed by atoms with Crippen LogP contribution in [0.5, 0.6) is 0 Å². The highest BCUT2D eigenvalue weighted by Crippen LogP contribution is 2.20. The summed E-state index contributed by atoms with van der Waals surface area (Å²) in [6.07, 6.45) is 0.259. The molecular formula is C14H18N6O3. The lowest BCUT2D eigenvalue weighted by Gasteiger charge is -2.28. The fourth-order valence-electron chi connectivity index (χ4n) is 2.81. The zero-order valence-corrected chi connectivity index (χ0v) is 13.2. The molecular weight excluding hydrogens is 300 g/mol. The van der Waals surface area contributed by atoms with Crippen molar-refractivity contribution < 1.29 is 4.74 Å². The average molecular weight is 318 g/mol. The summed E-state index contributed by atoms with van der Waals surface area (Å²) >= 11 is 0. The Hall–Kier alpha value is -2.60. The van der Waals surface area contributed by atoms with Crippen molar-refractivity contribution in [2.45, 2.75) is 13.0 Å². The van der Waals surface area contributed by atoms with Gasteiger partial charge in [0, 0.05) is 33.7 Å². The predicted octanol–water partition coefficient (Wildman–Crippen LogP) is -0.816. The van der Waals surface area contributed by atoms with Gasteiger partial charge in [-0.3, -0.25) is 13.9 Å². The molecule has 0 aromatic carbocycles. The molecule has 2 aromatic rings. The maximum atomic E-state index is 12.5. The number of ether oxygens (including phenoxy) is 1. The van der Waals surface area contributed by atoms with Crippen LogP contribution in [0.4, 0.5) is 5.95 Å². The summed E-state index contributed by atoms with van der Waals surface area (Å²) in [4.78, 5) is 31.2. The highest BCUT2D eigenvalue weighted by atomic mass is 16.5. The summed E-state index contributed by atoms with van der Waals surface area (Å²) < 4.78 is 9.52. The van der Waals surface area contributed by atoms with Crippen LogP contribution in [0.15, 0.2) is 9.59 Å². The molecule has 122 valence electrons. The van der Waals surface area contributed by atoms with Crippen LogP contribution in [0, 0.1) is 11.3 Å². The predicted molar refractivity (Wildman–Crippen MR) is 83.5 cm³/mol. The Bertz CT molecular complexity index is 894. The van der Waals surface area contributed by atoms with Crippen LogP contribution in [0.3, 0.4) is 0 Å². The van der Waals surface area contributed by atoms with E-state index in [1.165, 1.54) is 11.6 Å². The van der Waals surface area contributed by atoms with Crippen molar-refractivity contribution in [1.82, 2.24) is 18.7 Å². The van der Waals surface area contributed by atoms with Gasteiger partial charge in [-0.1, -0.05) is 0 Å². The number of nitrogens with zero attached hydrogens (tertiary/aromatic N) is 6. The Morgan fingerprint density at radius 1 is 1.22 bits per heavy atom. The number of aromatic nitrogens is 4. The molecule has 0 spiro atoms. The molecule has 0 amide bonds. The third-order valence-corrected chi connectivity index (χ3v) is 4.07. The third-order valence-electron chi connectivity index (χ3n) is 4.07. The first-order chi connectivity index (χ1) is 11.1. The van der Waals surface area contributed by atoms with Crippen LogP contribution >= 0.6 is 0 Å². The number of hydrogen-bond donors (Lipinski definition) is 0. The van der Waals surface area contributed by atoms with E-state index >= 15 is 0 Å². The fraction of sp³-hybridized carbons (Fsp3) is 0.571. The standard InChI is InChI=1S/C14H18N6O3/c1-17-11-10(12(21)18(2)14(17)22)20(5-3-4-15)13(16-11)19-6-8-23-9-7-19/h3,5-9H2,1-2H3. The minimum Gasteiger partial charge on any atom is -0.378 e. The summed E-state index contributed by atoms with van der Waals surface area (Å²) in [6.45, 7) is 2.83. The zero-order chi connectivity index (χ0) is 16.6. The number of rotatable bonds is 3. The van der Waals surface area contributed by atoms with E-state index in [9.17, 15) is 9.59 Å². The molecule has 1 saturated heterocycles. The molecule has 3 heterocycles. The summed E-state index contributed by atoms with van der Waals surface area (Å²) in [7, 11) is 3.04. The van der Waals surface area contributed by atoms with E-state index < -0.39 is 11.2 Å². The van der Waals surface area contributed by atoms with Crippen LogP contribution in [0.1, 0.15) is 6.42 Å². The second kappa shape index (κ2) is 5.89. The van der Waals surface area contributed by atoms with Crippen molar-refractivity contribution in [1.29, 1.82) is 5.26 Å². The molecule has 0 N–H and O–H groups in total. The van der Waals surface area contributed by atoms with Crippen LogP contribution in [-0.2, 0) is 25.4 Å². The molecule has 0 bridgehead atoms. The molecule has 0 unspecified atom stereocenters.